The van der Waals surface area contributed by atoms with Crippen molar-refractivity contribution in [3.63, 3.8) is 0 Å². The van der Waals surface area contributed by atoms with E-state index in [0.717, 1.165) is 12.8 Å². The summed E-state index contributed by atoms with van der Waals surface area (Å²) < 4.78 is 10.5. The first kappa shape index (κ1) is 7.98. The van der Waals surface area contributed by atoms with Crippen LogP contribution in [-0.4, -0.2) is 26.0 Å². The van der Waals surface area contributed by atoms with Gasteiger partial charge in [-0.15, -0.1) is 0 Å². The van der Waals surface area contributed by atoms with Crippen LogP contribution in [0.3, 0.4) is 0 Å². The quantitative estimate of drug-likeness (QED) is 0.615. The molecule has 1 saturated heterocycles. The second kappa shape index (κ2) is 3.91. The van der Waals surface area contributed by atoms with Crippen LogP contribution in [-0.2, 0) is 9.47 Å². The normalized spacial score (nSPS) is 34.2. The van der Waals surface area contributed by atoms with Crippen molar-refractivity contribution < 1.29 is 9.47 Å². The number of methoxy groups -OCH3 is 1. The van der Waals surface area contributed by atoms with Crippen LogP contribution >= 0.6 is 0 Å². The Bertz CT molecular complexity index is 87.6. The first-order valence-corrected chi connectivity index (χ1v) is 3.75. The highest BCUT2D eigenvalue weighted by Crippen LogP contribution is 2.18. The average Bonchev–Trinajstić information content (AvgIpc) is 2.05. The summed E-state index contributed by atoms with van der Waals surface area (Å²) in [5.74, 6) is 0. The third kappa shape index (κ3) is 1.94. The van der Waals surface area contributed by atoms with Gasteiger partial charge in [-0.2, -0.15) is 0 Å². The molecule has 1 aliphatic rings. The molecule has 0 aliphatic carbocycles. The van der Waals surface area contributed by atoms with Crippen LogP contribution in [0.25, 0.3) is 0 Å². The smallest absolute Gasteiger partial charge is 0.157 e. The van der Waals surface area contributed by atoms with Gasteiger partial charge in [0, 0.05) is 13.7 Å². The zero-order valence-corrected chi connectivity index (χ0v) is 6.38. The van der Waals surface area contributed by atoms with Crippen LogP contribution in [0.1, 0.15) is 19.3 Å². The molecule has 10 heavy (non-hydrogen) atoms. The molecule has 2 atom stereocenters. The molecular weight excluding hydrogens is 130 g/mol. The van der Waals surface area contributed by atoms with E-state index in [-0.39, 0.29) is 12.4 Å². The lowest BCUT2D eigenvalue weighted by Crippen LogP contribution is -2.33. The van der Waals surface area contributed by atoms with Gasteiger partial charge in [-0.25, -0.2) is 0 Å². The lowest BCUT2D eigenvalue weighted by molar-refractivity contribution is -0.176. The van der Waals surface area contributed by atoms with E-state index in [1.165, 1.54) is 6.42 Å². The first-order chi connectivity index (χ1) is 4.86. The largest absolute Gasteiger partial charge is 0.356 e. The Balaban J connectivity index is 2.25. The Morgan fingerprint density at radius 3 is 3.00 bits per heavy atom. The molecule has 0 saturated carbocycles. The minimum absolute atomic E-state index is 0.0118. The second-order valence-electron chi connectivity index (χ2n) is 2.59. The van der Waals surface area contributed by atoms with Gasteiger partial charge in [-0.05, 0) is 19.3 Å². The van der Waals surface area contributed by atoms with Crippen molar-refractivity contribution in [3.8, 4) is 0 Å². The summed E-state index contributed by atoms with van der Waals surface area (Å²) in [7, 11) is 1.67. The van der Waals surface area contributed by atoms with E-state index in [0.29, 0.717) is 6.54 Å². The van der Waals surface area contributed by atoms with Gasteiger partial charge in [-0.1, -0.05) is 0 Å². The van der Waals surface area contributed by atoms with Crippen molar-refractivity contribution in [1.29, 1.82) is 0 Å². The van der Waals surface area contributed by atoms with Crippen LogP contribution in [0.15, 0.2) is 0 Å². The summed E-state index contributed by atoms with van der Waals surface area (Å²) in [4.78, 5) is 0. The molecule has 0 aromatic rings. The number of rotatable bonds is 2. The molecule has 1 aliphatic heterocycles. The van der Waals surface area contributed by atoms with E-state index in [9.17, 15) is 0 Å². The fourth-order valence-electron chi connectivity index (χ4n) is 1.21. The van der Waals surface area contributed by atoms with Crippen molar-refractivity contribution >= 4 is 0 Å². The van der Waals surface area contributed by atoms with Crippen molar-refractivity contribution in [3.05, 3.63) is 0 Å². The Morgan fingerprint density at radius 1 is 1.60 bits per heavy atom. The monoisotopic (exact) mass is 145 g/mol. The summed E-state index contributed by atoms with van der Waals surface area (Å²) in [5.41, 5.74) is 5.44. The van der Waals surface area contributed by atoms with E-state index < -0.39 is 0 Å². The van der Waals surface area contributed by atoms with Gasteiger partial charge < -0.3 is 15.2 Å². The molecule has 0 radical (unpaired) electrons. The molecule has 2 N–H and O–H groups in total. The SMILES string of the molecule is COC1CCCC(CN)O1. The minimum Gasteiger partial charge on any atom is -0.356 e. The summed E-state index contributed by atoms with van der Waals surface area (Å²) >= 11 is 0. The molecule has 2 unspecified atom stereocenters. The molecule has 0 aromatic carbocycles. The molecule has 1 rings (SSSR count). The number of ether oxygens (including phenoxy) is 2. The molecule has 60 valence electrons. The Hall–Kier alpha value is -0.120. The molecule has 0 spiro atoms. The fourth-order valence-corrected chi connectivity index (χ4v) is 1.21. The van der Waals surface area contributed by atoms with E-state index in [1.807, 2.05) is 0 Å². The maximum absolute atomic E-state index is 5.44. The lowest BCUT2D eigenvalue weighted by atomic mass is 10.1. The Morgan fingerprint density at radius 2 is 2.40 bits per heavy atom. The number of nitrogens with two attached hydrogens (primary N) is 1. The summed E-state index contributed by atoms with van der Waals surface area (Å²) in [6, 6.07) is 0. The molecular formula is C7H15NO2. The van der Waals surface area contributed by atoms with E-state index in [2.05, 4.69) is 0 Å². The predicted octanol–water partition coefficient (Wildman–Crippen LogP) is 0.487. The van der Waals surface area contributed by atoms with Gasteiger partial charge in [0.05, 0.1) is 6.10 Å². The predicted molar refractivity (Wildman–Crippen MR) is 38.6 cm³/mol. The van der Waals surface area contributed by atoms with Gasteiger partial charge in [0.15, 0.2) is 6.29 Å². The van der Waals surface area contributed by atoms with Crippen molar-refractivity contribution in [2.45, 2.75) is 31.7 Å². The van der Waals surface area contributed by atoms with Crippen LogP contribution in [0.2, 0.25) is 0 Å². The molecule has 0 amide bonds. The van der Waals surface area contributed by atoms with Gasteiger partial charge in [-0.3, -0.25) is 0 Å². The molecule has 0 bridgehead atoms. The third-order valence-corrected chi connectivity index (χ3v) is 1.84. The van der Waals surface area contributed by atoms with Crippen molar-refractivity contribution in [2.75, 3.05) is 13.7 Å². The molecule has 3 heteroatoms. The highest BCUT2D eigenvalue weighted by atomic mass is 16.7. The van der Waals surface area contributed by atoms with Crippen LogP contribution in [0.5, 0.6) is 0 Å². The second-order valence-corrected chi connectivity index (χ2v) is 2.59. The summed E-state index contributed by atoms with van der Waals surface area (Å²) in [6.07, 6.45) is 3.46. The Kier molecular flexibility index (Phi) is 3.12. The molecule has 3 nitrogen and oxygen atoms in total. The van der Waals surface area contributed by atoms with Gasteiger partial charge >= 0.3 is 0 Å². The summed E-state index contributed by atoms with van der Waals surface area (Å²) in [6.45, 7) is 0.611. The van der Waals surface area contributed by atoms with E-state index in [1.54, 1.807) is 7.11 Å². The highest BCUT2D eigenvalue weighted by Gasteiger charge is 2.20. The topological polar surface area (TPSA) is 44.5 Å². The lowest BCUT2D eigenvalue weighted by Gasteiger charge is -2.27. The zero-order chi connectivity index (χ0) is 7.40. The maximum Gasteiger partial charge on any atom is 0.157 e. The van der Waals surface area contributed by atoms with Crippen molar-refractivity contribution in [1.82, 2.24) is 0 Å². The van der Waals surface area contributed by atoms with E-state index in [4.69, 9.17) is 15.2 Å². The third-order valence-electron chi connectivity index (χ3n) is 1.84. The van der Waals surface area contributed by atoms with Gasteiger partial charge in [0.2, 0.25) is 0 Å². The van der Waals surface area contributed by atoms with Crippen LogP contribution < -0.4 is 5.73 Å². The zero-order valence-electron chi connectivity index (χ0n) is 6.38. The Labute approximate surface area is 61.5 Å². The average molecular weight is 145 g/mol. The van der Waals surface area contributed by atoms with Gasteiger partial charge in [0.1, 0.15) is 0 Å². The van der Waals surface area contributed by atoms with Crippen LogP contribution in [0.4, 0.5) is 0 Å². The highest BCUT2D eigenvalue weighted by molar-refractivity contribution is 4.65. The number of hydrogen-bond acceptors (Lipinski definition) is 3. The minimum atomic E-state index is -0.0118. The standard InChI is InChI=1S/C7H15NO2/c1-9-7-4-2-3-6(5-8)10-7/h6-7H,2-5,8H2,1H3. The fraction of sp³-hybridized carbons (Fsp3) is 1.00. The van der Waals surface area contributed by atoms with Crippen molar-refractivity contribution in [2.24, 2.45) is 5.73 Å². The van der Waals surface area contributed by atoms with Crippen LogP contribution in [0, 0.1) is 0 Å². The molecule has 1 heterocycles. The molecule has 0 aromatic heterocycles. The summed E-state index contributed by atoms with van der Waals surface area (Å²) in [5, 5.41) is 0. The number of hydrogen-bond donors (Lipinski definition) is 1. The molecule has 1 fully saturated rings. The van der Waals surface area contributed by atoms with E-state index >= 15 is 0 Å². The van der Waals surface area contributed by atoms with Gasteiger partial charge in [0.25, 0.3) is 0 Å². The maximum atomic E-state index is 5.44. The first-order valence-electron chi connectivity index (χ1n) is 3.75.